The zero-order chi connectivity index (χ0) is 47.0. The molecule has 0 spiro atoms. The number of fused-ring (bicyclic) bond motifs is 6. The van der Waals surface area contributed by atoms with Crippen molar-refractivity contribution in [3.05, 3.63) is 160 Å². The molecule has 5 aromatic carbocycles. The average molecular weight is 945 g/mol. The van der Waals surface area contributed by atoms with Crippen molar-refractivity contribution < 1.29 is 40.4 Å². The van der Waals surface area contributed by atoms with E-state index in [4.69, 9.17) is 0 Å². The number of carboxylic acids is 1. The van der Waals surface area contributed by atoms with Gasteiger partial charge < -0.3 is 14.6 Å². The molecule has 3 aliphatic rings. The molecule has 0 amide bonds. The minimum absolute atomic E-state index is 0.213. The Morgan fingerprint density at radius 2 is 1.41 bits per heavy atom. The topological polar surface area (TPSA) is 155 Å². The van der Waals surface area contributed by atoms with Crippen molar-refractivity contribution in [2.75, 3.05) is 29.5 Å². The minimum Gasteiger partial charge on any atom is -0.748 e. The smallest absolute Gasteiger partial charge is 0.335 e. The van der Waals surface area contributed by atoms with Crippen molar-refractivity contribution in [2.45, 2.75) is 88.4 Å². The van der Waals surface area contributed by atoms with Gasteiger partial charge in [0.2, 0.25) is 5.69 Å². The number of benzene rings is 5. The first-order valence-electron chi connectivity index (χ1n) is 22.5. The number of anilines is 1. The molecule has 0 aromatic heterocycles. The fraction of sp³-hybridized carbons (Fsp3) is 0.321. The van der Waals surface area contributed by atoms with E-state index in [2.05, 4.69) is 122 Å². The first-order chi connectivity index (χ1) is 31.3. The molecule has 1 aliphatic carbocycles. The number of hydrogen-bond donors (Lipinski definition) is 2. The van der Waals surface area contributed by atoms with Crippen molar-refractivity contribution in [3.63, 3.8) is 0 Å². The Labute approximate surface area is 392 Å². The quantitative estimate of drug-likeness (QED) is 0.0555. The van der Waals surface area contributed by atoms with Gasteiger partial charge in [-0.25, -0.2) is 13.2 Å². The molecular formula is C53H56N2O8S3. The van der Waals surface area contributed by atoms with Crippen LogP contribution in [0.3, 0.4) is 0 Å². The van der Waals surface area contributed by atoms with E-state index < -0.39 is 42.8 Å². The number of nitrogens with zero attached hydrogens (tertiary/aromatic N) is 2. The summed E-state index contributed by atoms with van der Waals surface area (Å²) in [4.78, 5) is 16.1. The van der Waals surface area contributed by atoms with E-state index in [1.165, 1.54) is 11.1 Å². The molecule has 13 heteroatoms. The number of rotatable bonds is 16. The van der Waals surface area contributed by atoms with Crippen LogP contribution in [0, 0.1) is 0 Å². The van der Waals surface area contributed by atoms with Crippen molar-refractivity contribution in [3.8, 4) is 0 Å². The van der Waals surface area contributed by atoms with Crippen LogP contribution in [0.1, 0.15) is 94.1 Å². The highest BCUT2D eigenvalue weighted by Gasteiger charge is 2.45. The summed E-state index contributed by atoms with van der Waals surface area (Å²) in [7, 11) is -8.42. The number of allylic oxidation sites excluding steroid dienone is 7. The standard InChI is InChI=1S/C53H56N2O8S3/c1-52(2)46(54(32-9-11-34-65(58,59)60)44-28-22-36-14-5-7-18-42(36)48(44)52)30-24-38-16-13-17-39(50(38)64-41-26-20-40(21-27-41)51(56)57)25-31-47-53(3,4)49-43-19-8-6-15-37(43)23-29-45(49)55(47)33-10-12-35-66(61,62)63/h5-8,14-15,18-31H,9-13,16-17,32-35H2,1-4H3,(H2-,56,57,58,59,60,61,62,63). The zero-order valence-electron chi connectivity index (χ0n) is 37.8. The summed E-state index contributed by atoms with van der Waals surface area (Å²) >= 11 is 1.62. The summed E-state index contributed by atoms with van der Waals surface area (Å²) in [5.74, 6) is -1.69. The largest absolute Gasteiger partial charge is 0.748 e. The van der Waals surface area contributed by atoms with Crippen LogP contribution in [0.5, 0.6) is 0 Å². The molecule has 0 saturated heterocycles. The molecule has 0 fully saturated rings. The predicted octanol–water partition coefficient (Wildman–Crippen LogP) is 11.5. The van der Waals surface area contributed by atoms with Crippen LogP contribution >= 0.6 is 11.8 Å². The maximum Gasteiger partial charge on any atom is 0.335 e. The van der Waals surface area contributed by atoms with Gasteiger partial charge in [-0.05, 0) is 133 Å². The first-order valence-corrected chi connectivity index (χ1v) is 26.5. The predicted molar refractivity (Wildman–Crippen MR) is 266 cm³/mol. The van der Waals surface area contributed by atoms with Crippen LogP contribution in [0.25, 0.3) is 21.5 Å². The third-order valence-electron chi connectivity index (χ3n) is 13.2. The lowest BCUT2D eigenvalue weighted by atomic mass is 9.78. The second-order valence-electron chi connectivity index (χ2n) is 18.5. The van der Waals surface area contributed by atoms with Gasteiger partial charge in [-0.3, -0.25) is 4.55 Å². The molecule has 0 atom stereocenters. The molecule has 5 aromatic rings. The lowest BCUT2D eigenvalue weighted by Crippen LogP contribution is -2.28. The highest BCUT2D eigenvalue weighted by atomic mass is 32.2. The summed E-state index contributed by atoms with van der Waals surface area (Å²) < 4.78 is 69.7. The van der Waals surface area contributed by atoms with E-state index in [1.54, 1.807) is 23.9 Å². The maximum absolute atomic E-state index is 11.8. The van der Waals surface area contributed by atoms with E-state index in [1.807, 2.05) is 24.3 Å². The molecule has 0 radical (unpaired) electrons. The monoisotopic (exact) mass is 944 g/mol. The molecule has 2 N–H and O–H groups in total. The molecule has 2 aliphatic heterocycles. The normalized spacial score (nSPS) is 18.4. The van der Waals surface area contributed by atoms with Crippen LogP contribution in [-0.4, -0.2) is 71.9 Å². The molecule has 0 unspecified atom stereocenters. The summed E-state index contributed by atoms with van der Waals surface area (Å²) in [5, 5.41) is 14.3. The molecule has 344 valence electrons. The fourth-order valence-electron chi connectivity index (χ4n) is 10.1. The SMILES string of the molecule is CC1(C)C(/C=C/C2=C(Sc3ccc(C(=O)O)cc3)C(=C/C=C3/N(CCCCS(=O)(=O)O)c4ccc5ccccc5c4C3(C)C)/CCC2)=[N+](CCCCS(=O)(=O)[O-])c2ccc3ccccc3c21. The minimum atomic E-state index is -4.33. The number of thioether (sulfide) groups is 1. The lowest BCUT2D eigenvalue weighted by molar-refractivity contribution is -0.438. The van der Waals surface area contributed by atoms with E-state index in [-0.39, 0.29) is 17.7 Å². The molecular weight excluding hydrogens is 889 g/mol. The van der Waals surface area contributed by atoms with E-state index in [0.29, 0.717) is 32.4 Å². The summed E-state index contributed by atoms with van der Waals surface area (Å²) in [6.45, 7) is 10.0. The van der Waals surface area contributed by atoms with Crippen LogP contribution in [0.15, 0.2) is 148 Å². The third-order valence-corrected chi connectivity index (χ3v) is 16.1. The third kappa shape index (κ3) is 9.87. The highest BCUT2D eigenvalue weighted by molar-refractivity contribution is 8.03. The van der Waals surface area contributed by atoms with Crippen molar-refractivity contribution in [1.82, 2.24) is 0 Å². The Bertz CT molecular complexity index is 3120. The second-order valence-corrected chi connectivity index (χ2v) is 22.7. The molecule has 66 heavy (non-hydrogen) atoms. The zero-order valence-corrected chi connectivity index (χ0v) is 40.2. The van der Waals surface area contributed by atoms with E-state index in [9.17, 15) is 35.8 Å². The van der Waals surface area contributed by atoms with Gasteiger partial charge in [-0.15, -0.1) is 0 Å². The van der Waals surface area contributed by atoms with E-state index in [0.717, 1.165) is 84.5 Å². The van der Waals surface area contributed by atoms with Crippen LogP contribution < -0.4 is 4.90 Å². The molecule has 0 saturated carbocycles. The van der Waals surface area contributed by atoms with Crippen LogP contribution in [0.4, 0.5) is 11.4 Å². The Hall–Kier alpha value is -5.31. The second kappa shape index (κ2) is 18.8. The summed E-state index contributed by atoms with van der Waals surface area (Å²) in [6, 6.07) is 32.2. The van der Waals surface area contributed by atoms with Crippen molar-refractivity contribution in [2.24, 2.45) is 0 Å². The Kier molecular flexibility index (Phi) is 13.4. The van der Waals surface area contributed by atoms with Gasteiger partial charge in [-0.2, -0.15) is 13.0 Å². The summed E-state index contributed by atoms with van der Waals surface area (Å²) in [5.41, 5.74) is 8.37. The highest BCUT2D eigenvalue weighted by Crippen LogP contribution is 2.52. The molecule has 10 nitrogen and oxygen atoms in total. The van der Waals surface area contributed by atoms with Gasteiger partial charge in [-0.1, -0.05) is 92.4 Å². The van der Waals surface area contributed by atoms with Gasteiger partial charge in [0.05, 0.1) is 26.8 Å². The summed E-state index contributed by atoms with van der Waals surface area (Å²) in [6.07, 6.45) is 13.1. The molecule has 8 rings (SSSR count). The number of aromatic carboxylic acids is 1. The Morgan fingerprint density at radius 3 is 2.08 bits per heavy atom. The number of carbonyl (C=O) groups is 1. The van der Waals surface area contributed by atoms with Crippen molar-refractivity contribution >= 4 is 76.6 Å². The fourth-order valence-corrected chi connectivity index (χ4v) is 12.4. The number of unbranched alkanes of at least 4 members (excludes halogenated alkanes) is 2. The number of carboxylic acid groups (broad SMARTS) is 1. The van der Waals surface area contributed by atoms with Gasteiger partial charge in [0.25, 0.3) is 10.1 Å². The van der Waals surface area contributed by atoms with E-state index >= 15 is 0 Å². The lowest BCUT2D eigenvalue weighted by Gasteiger charge is -2.28. The maximum atomic E-state index is 11.8. The van der Waals surface area contributed by atoms with Gasteiger partial charge in [0, 0.05) is 63.0 Å². The first kappa shape index (κ1) is 47.2. The number of hydrogen-bond acceptors (Lipinski definition) is 8. The molecule has 0 bridgehead atoms. The Balaban J connectivity index is 1.23. The van der Waals surface area contributed by atoms with Gasteiger partial charge >= 0.3 is 5.97 Å². The van der Waals surface area contributed by atoms with Gasteiger partial charge in [0.15, 0.2) is 5.71 Å². The Morgan fingerprint density at radius 1 is 0.758 bits per heavy atom. The van der Waals surface area contributed by atoms with Crippen LogP contribution in [0.2, 0.25) is 0 Å². The van der Waals surface area contributed by atoms with Crippen molar-refractivity contribution in [1.29, 1.82) is 0 Å². The van der Waals surface area contributed by atoms with Crippen LogP contribution in [-0.2, 0) is 31.1 Å². The van der Waals surface area contributed by atoms with Gasteiger partial charge in [0.1, 0.15) is 6.54 Å². The molecule has 2 heterocycles. The average Bonchev–Trinajstić information content (AvgIpc) is 3.63.